The van der Waals surface area contributed by atoms with Gasteiger partial charge in [-0.25, -0.2) is 4.98 Å². The van der Waals surface area contributed by atoms with E-state index in [1.165, 1.54) is 11.3 Å². The van der Waals surface area contributed by atoms with E-state index in [1.807, 2.05) is 40.6 Å². The fourth-order valence-electron chi connectivity index (χ4n) is 2.55. The van der Waals surface area contributed by atoms with Gasteiger partial charge in [-0.1, -0.05) is 30.3 Å². The fourth-order valence-corrected chi connectivity index (χ4v) is 3.26. The number of amides is 1. The molecule has 0 spiro atoms. The Hall–Kier alpha value is -2.23. The first kappa shape index (κ1) is 15.7. The summed E-state index contributed by atoms with van der Waals surface area (Å²) >= 11 is 1.52. The minimum atomic E-state index is -0.244. The van der Waals surface area contributed by atoms with Crippen molar-refractivity contribution in [3.8, 4) is 6.07 Å². The number of nitrogens with one attached hydrogen (secondary N) is 1. The normalized spacial score (nSPS) is 15.1. The van der Waals surface area contributed by atoms with Crippen molar-refractivity contribution in [3.63, 3.8) is 0 Å². The summed E-state index contributed by atoms with van der Waals surface area (Å²) in [7, 11) is 0. The molecule has 1 unspecified atom stereocenters. The van der Waals surface area contributed by atoms with E-state index in [1.54, 1.807) is 6.20 Å². The van der Waals surface area contributed by atoms with Crippen LogP contribution in [0.15, 0.2) is 41.9 Å². The Bertz CT molecular complexity index is 676. The standard InChI is InChI=1S/C17H18N4OS/c18-8-10-21(14-6-7-14)12-15(22)20-16(17-19-9-11-23-17)13-4-2-1-3-5-13/h1-5,9,11,14,16H,6-7,10,12H2,(H,20,22). The summed E-state index contributed by atoms with van der Waals surface area (Å²) in [6.45, 7) is 0.554. The zero-order valence-electron chi connectivity index (χ0n) is 12.7. The van der Waals surface area contributed by atoms with Crippen LogP contribution < -0.4 is 5.32 Å². The maximum Gasteiger partial charge on any atom is 0.235 e. The lowest BCUT2D eigenvalue weighted by atomic mass is 10.1. The highest BCUT2D eigenvalue weighted by molar-refractivity contribution is 7.09. The molecule has 1 aromatic carbocycles. The van der Waals surface area contributed by atoms with E-state index in [0.717, 1.165) is 23.4 Å². The van der Waals surface area contributed by atoms with Gasteiger partial charge in [-0.05, 0) is 18.4 Å². The molecule has 1 atom stereocenters. The lowest BCUT2D eigenvalue weighted by molar-refractivity contribution is -0.122. The topological polar surface area (TPSA) is 69.0 Å². The number of nitriles is 1. The molecular formula is C17H18N4OS. The van der Waals surface area contributed by atoms with Crippen molar-refractivity contribution < 1.29 is 4.79 Å². The van der Waals surface area contributed by atoms with Crippen molar-refractivity contribution in [3.05, 3.63) is 52.5 Å². The summed E-state index contributed by atoms with van der Waals surface area (Å²) in [4.78, 5) is 18.7. The SMILES string of the molecule is N#CCN(CC(=O)NC(c1ccccc1)c1nccs1)C1CC1. The number of carbonyl (C=O) groups excluding carboxylic acids is 1. The molecule has 1 heterocycles. The highest BCUT2D eigenvalue weighted by Gasteiger charge is 2.30. The number of nitrogens with zero attached hydrogens (tertiary/aromatic N) is 3. The van der Waals surface area contributed by atoms with Crippen LogP contribution in [0.5, 0.6) is 0 Å². The minimum Gasteiger partial charge on any atom is -0.342 e. The van der Waals surface area contributed by atoms with Gasteiger partial charge in [0.2, 0.25) is 5.91 Å². The van der Waals surface area contributed by atoms with Gasteiger partial charge in [-0.3, -0.25) is 9.69 Å². The van der Waals surface area contributed by atoms with Crippen LogP contribution in [0.1, 0.15) is 29.5 Å². The molecule has 6 heteroatoms. The number of hydrogen-bond acceptors (Lipinski definition) is 5. The van der Waals surface area contributed by atoms with E-state index in [-0.39, 0.29) is 18.5 Å². The van der Waals surface area contributed by atoms with Gasteiger partial charge < -0.3 is 5.32 Å². The lowest BCUT2D eigenvalue weighted by Crippen LogP contribution is -2.40. The number of carbonyl (C=O) groups is 1. The summed E-state index contributed by atoms with van der Waals surface area (Å²) in [6.07, 6.45) is 3.89. The van der Waals surface area contributed by atoms with Crippen molar-refractivity contribution in [2.24, 2.45) is 0 Å². The molecule has 1 fully saturated rings. The summed E-state index contributed by atoms with van der Waals surface area (Å²) in [5, 5.41) is 14.7. The third-order valence-corrected chi connectivity index (χ3v) is 4.66. The third kappa shape index (κ3) is 4.15. The molecule has 1 amide bonds. The van der Waals surface area contributed by atoms with E-state index < -0.39 is 0 Å². The summed E-state index contributed by atoms with van der Waals surface area (Å²) in [6, 6.07) is 12.1. The predicted molar refractivity (Wildman–Crippen MR) is 88.7 cm³/mol. The highest BCUT2D eigenvalue weighted by Crippen LogP contribution is 2.27. The Morgan fingerprint density at radius 1 is 1.43 bits per heavy atom. The molecule has 0 saturated heterocycles. The van der Waals surface area contributed by atoms with Crippen LogP contribution in [0.25, 0.3) is 0 Å². The molecule has 1 saturated carbocycles. The van der Waals surface area contributed by atoms with Gasteiger partial charge in [0.1, 0.15) is 11.0 Å². The summed E-state index contributed by atoms with van der Waals surface area (Å²) < 4.78 is 0. The molecule has 2 aromatic rings. The molecule has 1 aliphatic rings. The number of thiazole rings is 1. The first-order valence-electron chi connectivity index (χ1n) is 7.62. The second-order valence-electron chi connectivity index (χ2n) is 5.58. The number of benzene rings is 1. The quantitative estimate of drug-likeness (QED) is 0.793. The second-order valence-corrected chi connectivity index (χ2v) is 6.50. The van der Waals surface area contributed by atoms with Crippen LogP contribution in [0.4, 0.5) is 0 Å². The van der Waals surface area contributed by atoms with Crippen molar-refractivity contribution in [2.45, 2.75) is 24.9 Å². The van der Waals surface area contributed by atoms with Crippen LogP contribution in [0.2, 0.25) is 0 Å². The molecule has 1 aromatic heterocycles. The first-order valence-corrected chi connectivity index (χ1v) is 8.50. The van der Waals surface area contributed by atoms with Crippen LogP contribution in [-0.4, -0.2) is 34.9 Å². The average Bonchev–Trinajstić information content (AvgIpc) is 3.28. The van der Waals surface area contributed by atoms with Crippen molar-refractivity contribution in [1.29, 1.82) is 5.26 Å². The second kappa shape index (κ2) is 7.36. The van der Waals surface area contributed by atoms with Gasteiger partial charge in [0.25, 0.3) is 0 Å². The average molecular weight is 326 g/mol. The van der Waals surface area contributed by atoms with Gasteiger partial charge >= 0.3 is 0 Å². The first-order chi connectivity index (χ1) is 11.3. The Kier molecular flexibility index (Phi) is 5.01. The minimum absolute atomic E-state index is 0.0730. The smallest absolute Gasteiger partial charge is 0.235 e. The van der Waals surface area contributed by atoms with Crippen LogP contribution in [0.3, 0.4) is 0 Å². The largest absolute Gasteiger partial charge is 0.342 e. The Balaban J connectivity index is 1.71. The third-order valence-electron chi connectivity index (χ3n) is 3.82. The van der Waals surface area contributed by atoms with Crippen molar-refractivity contribution in [2.75, 3.05) is 13.1 Å². The maximum atomic E-state index is 12.5. The van der Waals surface area contributed by atoms with Crippen LogP contribution in [0, 0.1) is 11.3 Å². The molecule has 23 heavy (non-hydrogen) atoms. The highest BCUT2D eigenvalue weighted by atomic mass is 32.1. The molecule has 0 bridgehead atoms. The van der Waals surface area contributed by atoms with Crippen LogP contribution >= 0.6 is 11.3 Å². The predicted octanol–water partition coefficient (Wildman–Crippen LogP) is 2.34. The van der Waals surface area contributed by atoms with E-state index in [9.17, 15) is 4.79 Å². The van der Waals surface area contributed by atoms with Crippen molar-refractivity contribution >= 4 is 17.2 Å². The zero-order chi connectivity index (χ0) is 16.1. The van der Waals surface area contributed by atoms with Gasteiger partial charge in [0.05, 0.1) is 19.2 Å². The maximum absolute atomic E-state index is 12.5. The van der Waals surface area contributed by atoms with Gasteiger partial charge in [0.15, 0.2) is 0 Å². The number of hydrogen-bond donors (Lipinski definition) is 1. The van der Waals surface area contributed by atoms with E-state index in [2.05, 4.69) is 16.4 Å². The molecule has 3 rings (SSSR count). The molecule has 0 aliphatic heterocycles. The van der Waals surface area contributed by atoms with Crippen molar-refractivity contribution in [1.82, 2.24) is 15.2 Å². The zero-order valence-corrected chi connectivity index (χ0v) is 13.5. The number of rotatable bonds is 7. The lowest BCUT2D eigenvalue weighted by Gasteiger charge is -2.21. The molecule has 1 aliphatic carbocycles. The molecule has 118 valence electrons. The Morgan fingerprint density at radius 3 is 2.83 bits per heavy atom. The van der Waals surface area contributed by atoms with E-state index in [4.69, 9.17) is 5.26 Å². The Labute approximate surface area is 139 Å². The summed E-state index contributed by atoms with van der Waals surface area (Å²) in [5.41, 5.74) is 1.01. The fraction of sp³-hybridized carbons (Fsp3) is 0.353. The van der Waals surface area contributed by atoms with E-state index in [0.29, 0.717) is 12.6 Å². The van der Waals surface area contributed by atoms with E-state index >= 15 is 0 Å². The molecular weight excluding hydrogens is 308 g/mol. The molecule has 1 N–H and O–H groups in total. The monoisotopic (exact) mass is 326 g/mol. The molecule has 0 radical (unpaired) electrons. The van der Waals surface area contributed by atoms with Gasteiger partial charge in [-0.15, -0.1) is 11.3 Å². The van der Waals surface area contributed by atoms with Gasteiger partial charge in [0, 0.05) is 17.6 Å². The Morgan fingerprint density at radius 2 is 2.22 bits per heavy atom. The number of aromatic nitrogens is 1. The molecule has 5 nitrogen and oxygen atoms in total. The van der Waals surface area contributed by atoms with Crippen LogP contribution in [-0.2, 0) is 4.79 Å². The summed E-state index contributed by atoms with van der Waals surface area (Å²) in [5.74, 6) is -0.0730. The van der Waals surface area contributed by atoms with Gasteiger partial charge in [-0.2, -0.15) is 5.26 Å².